The average Bonchev–Trinajstić information content (AvgIpc) is 3.03. The predicted molar refractivity (Wildman–Crippen MR) is 92.3 cm³/mol. The highest BCUT2D eigenvalue weighted by Gasteiger charge is 2.16. The van der Waals surface area contributed by atoms with Crippen LogP contribution >= 0.6 is 11.3 Å². The van der Waals surface area contributed by atoms with Crippen LogP contribution in [0.1, 0.15) is 40.4 Å². The van der Waals surface area contributed by atoms with Crippen LogP contribution < -0.4 is 10.6 Å². The van der Waals surface area contributed by atoms with Crippen molar-refractivity contribution in [3.8, 4) is 0 Å². The van der Waals surface area contributed by atoms with Crippen LogP contribution in [0.25, 0.3) is 0 Å². The quantitative estimate of drug-likeness (QED) is 0.714. The molecule has 2 rings (SSSR count). The van der Waals surface area contributed by atoms with Crippen molar-refractivity contribution >= 4 is 28.8 Å². The SMILES string of the molecule is CC(C)OCCCNC(=O)c1sccc1NC(=O)c1cnccn1. The largest absolute Gasteiger partial charge is 0.379 e. The highest BCUT2D eigenvalue weighted by Crippen LogP contribution is 2.22. The molecule has 0 saturated carbocycles. The van der Waals surface area contributed by atoms with Gasteiger partial charge in [-0.3, -0.25) is 14.6 Å². The minimum absolute atomic E-state index is 0.181. The maximum absolute atomic E-state index is 12.2. The number of carbonyl (C=O) groups is 2. The molecule has 0 atom stereocenters. The fourth-order valence-electron chi connectivity index (χ4n) is 1.86. The smallest absolute Gasteiger partial charge is 0.275 e. The standard InChI is InChI=1S/C16H20N4O3S/c1-11(2)23-8-3-5-19-16(22)14-12(4-9-24-14)20-15(21)13-10-17-6-7-18-13/h4,6-7,9-11H,3,5,8H2,1-2H3,(H,19,22)(H,20,21). The van der Waals surface area contributed by atoms with E-state index in [9.17, 15) is 9.59 Å². The van der Waals surface area contributed by atoms with Gasteiger partial charge in [0.25, 0.3) is 11.8 Å². The molecule has 2 heterocycles. The van der Waals surface area contributed by atoms with Crippen LogP contribution in [-0.2, 0) is 4.74 Å². The van der Waals surface area contributed by atoms with E-state index < -0.39 is 5.91 Å². The molecule has 2 amide bonds. The Balaban J connectivity index is 1.87. The molecule has 2 aromatic heterocycles. The first kappa shape index (κ1) is 18.0. The third-order valence-corrected chi connectivity index (χ3v) is 3.89. The van der Waals surface area contributed by atoms with Crippen LogP contribution in [-0.4, -0.2) is 41.0 Å². The minimum Gasteiger partial charge on any atom is -0.379 e. The summed E-state index contributed by atoms with van der Waals surface area (Å²) in [6.07, 6.45) is 5.21. The fraction of sp³-hybridized carbons (Fsp3) is 0.375. The first-order valence-electron chi connectivity index (χ1n) is 7.62. The van der Waals surface area contributed by atoms with E-state index in [1.165, 1.54) is 29.9 Å². The summed E-state index contributed by atoms with van der Waals surface area (Å²) in [6, 6.07) is 1.69. The molecule has 0 spiro atoms. The molecule has 0 saturated heterocycles. The lowest BCUT2D eigenvalue weighted by atomic mass is 10.3. The zero-order valence-corrected chi connectivity index (χ0v) is 14.4. The van der Waals surface area contributed by atoms with Crippen LogP contribution in [0.4, 0.5) is 5.69 Å². The van der Waals surface area contributed by atoms with Gasteiger partial charge in [-0.05, 0) is 31.7 Å². The molecule has 0 aliphatic rings. The number of nitrogens with zero attached hydrogens (tertiary/aromatic N) is 2. The van der Waals surface area contributed by atoms with Gasteiger partial charge in [-0.2, -0.15) is 0 Å². The number of thiophene rings is 1. The third-order valence-electron chi connectivity index (χ3n) is 2.97. The van der Waals surface area contributed by atoms with Gasteiger partial charge in [0, 0.05) is 25.5 Å². The first-order chi connectivity index (χ1) is 11.6. The van der Waals surface area contributed by atoms with Gasteiger partial charge in [0.2, 0.25) is 0 Å². The normalized spacial score (nSPS) is 10.6. The molecule has 2 aromatic rings. The van der Waals surface area contributed by atoms with Crippen molar-refractivity contribution in [2.24, 2.45) is 0 Å². The molecule has 128 valence electrons. The summed E-state index contributed by atoms with van der Waals surface area (Å²) >= 11 is 1.27. The summed E-state index contributed by atoms with van der Waals surface area (Å²) in [7, 11) is 0. The summed E-state index contributed by atoms with van der Waals surface area (Å²) in [6.45, 7) is 5.05. The Labute approximate surface area is 144 Å². The number of aromatic nitrogens is 2. The number of carbonyl (C=O) groups excluding carboxylic acids is 2. The minimum atomic E-state index is -0.402. The van der Waals surface area contributed by atoms with Crippen molar-refractivity contribution in [2.45, 2.75) is 26.4 Å². The lowest BCUT2D eigenvalue weighted by Crippen LogP contribution is -2.26. The molecule has 8 heteroatoms. The average molecular weight is 348 g/mol. The van der Waals surface area contributed by atoms with Crippen molar-refractivity contribution in [1.29, 1.82) is 0 Å². The Bertz CT molecular complexity index is 673. The van der Waals surface area contributed by atoms with Crippen molar-refractivity contribution in [3.05, 3.63) is 40.6 Å². The van der Waals surface area contributed by atoms with Crippen LogP contribution in [0.2, 0.25) is 0 Å². The van der Waals surface area contributed by atoms with Crippen molar-refractivity contribution in [3.63, 3.8) is 0 Å². The topological polar surface area (TPSA) is 93.2 Å². The molecule has 0 bridgehead atoms. The molecule has 24 heavy (non-hydrogen) atoms. The molecule has 0 fully saturated rings. The van der Waals surface area contributed by atoms with E-state index in [2.05, 4.69) is 20.6 Å². The van der Waals surface area contributed by atoms with Gasteiger partial charge in [0.15, 0.2) is 0 Å². The van der Waals surface area contributed by atoms with Gasteiger partial charge in [-0.25, -0.2) is 4.98 Å². The number of hydrogen-bond acceptors (Lipinski definition) is 6. The molecular weight excluding hydrogens is 328 g/mol. The van der Waals surface area contributed by atoms with E-state index in [1.807, 2.05) is 13.8 Å². The number of anilines is 1. The summed E-state index contributed by atoms with van der Waals surface area (Å²) in [5, 5.41) is 7.27. The fourth-order valence-corrected chi connectivity index (χ4v) is 2.63. The van der Waals surface area contributed by atoms with Crippen LogP contribution in [0.5, 0.6) is 0 Å². The van der Waals surface area contributed by atoms with E-state index in [1.54, 1.807) is 11.4 Å². The van der Waals surface area contributed by atoms with Crippen molar-refractivity contribution in [2.75, 3.05) is 18.5 Å². The van der Waals surface area contributed by atoms with E-state index in [0.717, 1.165) is 6.42 Å². The van der Waals surface area contributed by atoms with Crippen LogP contribution in [0, 0.1) is 0 Å². The summed E-state index contributed by atoms with van der Waals surface area (Å²) in [4.78, 5) is 32.6. The first-order valence-corrected chi connectivity index (χ1v) is 8.50. The maximum Gasteiger partial charge on any atom is 0.275 e. The molecule has 2 N–H and O–H groups in total. The maximum atomic E-state index is 12.2. The van der Waals surface area contributed by atoms with E-state index >= 15 is 0 Å². The second-order valence-corrected chi connectivity index (χ2v) is 6.15. The lowest BCUT2D eigenvalue weighted by molar-refractivity contribution is 0.0757. The molecule has 0 unspecified atom stereocenters. The van der Waals surface area contributed by atoms with Gasteiger partial charge < -0.3 is 15.4 Å². The summed E-state index contributed by atoms with van der Waals surface area (Å²) in [5.41, 5.74) is 0.660. The number of rotatable bonds is 8. The molecular formula is C16H20N4O3S. The zero-order valence-electron chi connectivity index (χ0n) is 13.6. The van der Waals surface area contributed by atoms with Crippen LogP contribution in [0.15, 0.2) is 30.0 Å². The van der Waals surface area contributed by atoms with Gasteiger partial charge >= 0.3 is 0 Å². The Morgan fingerprint density at radius 1 is 1.29 bits per heavy atom. The number of amides is 2. The Kier molecular flexibility index (Phi) is 6.83. The molecule has 0 aliphatic heterocycles. The van der Waals surface area contributed by atoms with Crippen molar-refractivity contribution < 1.29 is 14.3 Å². The number of hydrogen-bond donors (Lipinski definition) is 2. The summed E-state index contributed by atoms with van der Waals surface area (Å²) in [5.74, 6) is -0.620. The Morgan fingerprint density at radius 3 is 2.83 bits per heavy atom. The van der Waals surface area contributed by atoms with Crippen LogP contribution in [0.3, 0.4) is 0 Å². The van der Waals surface area contributed by atoms with E-state index in [-0.39, 0.29) is 17.7 Å². The third kappa shape index (κ3) is 5.39. The van der Waals surface area contributed by atoms with Gasteiger partial charge in [0.1, 0.15) is 10.6 Å². The van der Waals surface area contributed by atoms with Crippen molar-refractivity contribution in [1.82, 2.24) is 15.3 Å². The lowest BCUT2D eigenvalue weighted by Gasteiger charge is -2.09. The molecule has 0 aromatic carbocycles. The monoisotopic (exact) mass is 348 g/mol. The zero-order chi connectivity index (χ0) is 17.4. The van der Waals surface area contributed by atoms with Gasteiger partial charge in [0.05, 0.1) is 18.0 Å². The molecule has 0 radical (unpaired) electrons. The van der Waals surface area contributed by atoms with Gasteiger partial charge in [-0.1, -0.05) is 0 Å². The predicted octanol–water partition coefficient (Wildman–Crippen LogP) is 2.34. The number of ether oxygens (including phenoxy) is 1. The molecule has 0 aliphatic carbocycles. The summed E-state index contributed by atoms with van der Waals surface area (Å²) < 4.78 is 5.42. The van der Waals surface area contributed by atoms with E-state index in [4.69, 9.17) is 4.74 Å². The number of nitrogens with one attached hydrogen (secondary N) is 2. The highest BCUT2D eigenvalue weighted by atomic mass is 32.1. The second-order valence-electron chi connectivity index (χ2n) is 5.24. The second kappa shape index (κ2) is 9.09. The van der Waals surface area contributed by atoms with E-state index in [0.29, 0.717) is 23.7 Å². The van der Waals surface area contributed by atoms with Gasteiger partial charge in [-0.15, -0.1) is 11.3 Å². The Morgan fingerprint density at radius 2 is 2.12 bits per heavy atom. The Hall–Kier alpha value is -2.32. The molecule has 7 nitrogen and oxygen atoms in total. The highest BCUT2D eigenvalue weighted by molar-refractivity contribution is 7.12.